The number of aryl methyl sites for hydroxylation is 1. The summed E-state index contributed by atoms with van der Waals surface area (Å²) in [5.41, 5.74) is 1.72. The second kappa shape index (κ2) is 6.34. The van der Waals surface area contributed by atoms with Gasteiger partial charge in [0.2, 0.25) is 0 Å². The maximum Gasteiger partial charge on any atom is 0.152 e. The molecule has 0 amide bonds. The quantitative estimate of drug-likeness (QED) is 0.890. The van der Waals surface area contributed by atoms with E-state index in [1.807, 2.05) is 25.1 Å². The third kappa shape index (κ3) is 3.65. The Balaban J connectivity index is 1.80. The van der Waals surface area contributed by atoms with E-state index in [9.17, 15) is 8.42 Å². The molecule has 124 valence electrons. The van der Waals surface area contributed by atoms with Crippen molar-refractivity contribution < 1.29 is 8.42 Å². The molecule has 23 heavy (non-hydrogen) atoms. The lowest BCUT2D eigenvalue weighted by Crippen LogP contribution is -2.16. The van der Waals surface area contributed by atoms with Crippen molar-refractivity contribution >= 4 is 38.9 Å². The number of rotatable bonds is 4. The van der Waals surface area contributed by atoms with Gasteiger partial charge in [0.05, 0.1) is 33.3 Å². The van der Waals surface area contributed by atoms with Gasteiger partial charge in [-0.1, -0.05) is 35.3 Å². The van der Waals surface area contributed by atoms with E-state index in [0.29, 0.717) is 23.0 Å². The molecule has 1 aromatic carbocycles. The fourth-order valence-electron chi connectivity index (χ4n) is 2.77. The van der Waals surface area contributed by atoms with Crippen LogP contribution in [0.4, 0.5) is 5.82 Å². The molecule has 1 fully saturated rings. The Morgan fingerprint density at radius 2 is 2.17 bits per heavy atom. The van der Waals surface area contributed by atoms with Crippen LogP contribution < -0.4 is 5.32 Å². The summed E-state index contributed by atoms with van der Waals surface area (Å²) >= 11 is 12.2. The predicted octanol–water partition coefficient (Wildman–Crippen LogP) is 3.47. The Morgan fingerprint density at radius 3 is 2.87 bits per heavy atom. The number of nitrogens with one attached hydrogen (secondary N) is 1. The van der Waals surface area contributed by atoms with Crippen LogP contribution in [0.5, 0.6) is 0 Å². The van der Waals surface area contributed by atoms with Crippen LogP contribution >= 0.6 is 23.2 Å². The molecule has 1 atom stereocenters. The molecular formula is C15H17Cl2N3O2S. The summed E-state index contributed by atoms with van der Waals surface area (Å²) < 4.78 is 25.2. The van der Waals surface area contributed by atoms with E-state index in [0.717, 1.165) is 17.1 Å². The molecule has 0 radical (unpaired) electrons. The molecule has 1 aliphatic rings. The van der Waals surface area contributed by atoms with Crippen LogP contribution in [0.25, 0.3) is 0 Å². The third-order valence-electron chi connectivity index (χ3n) is 3.90. The normalized spacial score (nSPS) is 19.9. The molecule has 1 aliphatic heterocycles. The van der Waals surface area contributed by atoms with Gasteiger partial charge in [-0.25, -0.2) is 13.1 Å². The molecule has 1 aromatic heterocycles. The second-order valence-electron chi connectivity index (χ2n) is 5.74. The highest BCUT2D eigenvalue weighted by Gasteiger charge is 2.31. The van der Waals surface area contributed by atoms with Crippen molar-refractivity contribution in [1.82, 2.24) is 9.78 Å². The number of hydrogen-bond donors (Lipinski definition) is 1. The molecule has 2 aromatic rings. The number of nitrogens with zero attached hydrogens (tertiary/aromatic N) is 2. The Morgan fingerprint density at radius 1 is 1.39 bits per heavy atom. The van der Waals surface area contributed by atoms with Gasteiger partial charge >= 0.3 is 0 Å². The minimum absolute atomic E-state index is 0.119. The summed E-state index contributed by atoms with van der Waals surface area (Å²) in [4.78, 5) is 0. The third-order valence-corrected chi connectivity index (χ3v) is 6.51. The second-order valence-corrected chi connectivity index (χ2v) is 8.75. The average molecular weight is 374 g/mol. The number of benzene rings is 1. The summed E-state index contributed by atoms with van der Waals surface area (Å²) in [5.74, 6) is 1.15. The van der Waals surface area contributed by atoms with Crippen LogP contribution in [0, 0.1) is 6.92 Å². The van der Waals surface area contributed by atoms with Crippen LogP contribution in [0.2, 0.25) is 10.0 Å². The molecule has 1 N–H and O–H groups in total. The van der Waals surface area contributed by atoms with Gasteiger partial charge in [-0.15, -0.1) is 0 Å². The number of hydrogen-bond acceptors (Lipinski definition) is 4. The van der Waals surface area contributed by atoms with Gasteiger partial charge in [0, 0.05) is 12.6 Å². The first-order chi connectivity index (χ1) is 10.9. The van der Waals surface area contributed by atoms with E-state index in [2.05, 4.69) is 10.4 Å². The van der Waals surface area contributed by atoms with Gasteiger partial charge in [-0.3, -0.25) is 0 Å². The molecule has 3 rings (SSSR count). The average Bonchev–Trinajstić information content (AvgIpc) is 3.03. The van der Waals surface area contributed by atoms with Crippen LogP contribution in [-0.4, -0.2) is 29.7 Å². The molecule has 1 saturated heterocycles. The maximum absolute atomic E-state index is 11.7. The van der Waals surface area contributed by atoms with Gasteiger partial charge in [0.25, 0.3) is 0 Å². The highest BCUT2D eigenvalue weighted by atomic mass is 35.5. The number of aromatic nitrogens is 2. The minimum atomic E-state index is -2.96. The van der Waals surface area contributed by atoms with Crippen molar-refractivity contribution in [2.75, 3.05) is 16.8 Å². The van der Waals surface area contributed by atoms with Crippen molar-refractivity contribution in [1.29, 1.82) is 0 Å². The number of anilines is 1. The first kappa shape index (κ1) is 16.6. The zero-order valence-electron chi connectivity index (χ0n) is 12.6. The topological polar surface area (TPSA) is 64.0 Å². The maximum atomic E-state index is 11.7. The minimum Gasteiger partial charge on any atom is -0.366 e. The molecule has 0 spiro atoms. The van der Waals surface area contributed by atoms with Crippen molar-refractivity contribution in [3.63, 3.8) is 0 Å². The largest absolute Gasteiger partial charge is 0.366 e. The van der Waals surface area contributed by atoms with Gasteiger partial charge in [-0.05, 0) is 25.0 Å². The summed E-state index contributed by atoms with van der Waals surface area (Å²) in [5, 5.41) is 8.76. The first-order valence-corrected chi connectivity index (χ1v) is 9.87. The molecule has 0 saturated carbocycles. The Labute approximate surface area is 145 Å². The summed E-state index contributed by atoms with van der Waals surface area (Å²) in [7, 11) is -2.96. The molecule has 0 unspecified atom stereocenters. The lowest BCUT2D eigenvalue weighted by atomic mass is 10.2. The summed E-state index contributed by atoms with van der Waals surface area (Å²) in [6.07, 6.45) is 0.593. The van der Waals surface area contributed by atoms with E-state index in [1.54, 1.807) is 10.7 Å². The Hall–Kier alpha value is -1.24. The molecule has 2 heterocycles. The van der Waals surface area contributed by atoms with Crippen molar-refractivity contribution in [2.24, 2.45) is 0 Å². The number of halogens is 2. The lowest BCUT2D eigenvalue weighted by Gasteiger charge is -2.15. The van der Waals surface area contributed by atoms with Crippen molar-refractivity contribution in [2.45, 2.75) is 25.9 Å². The Kier molecular flexibility index (Phi) is 4.58. The predicted molar refractivity (Wildman–Crippen MR) is 93.1 cm³/mol. The molecule has 0 bridgehead atoms. The van der Waals surface area contributed by atoms with Gasteiger partial charge in [-0.2, -0.15) is 5.10 Å². The van der Waals surface area contributed by atoms with E-state index in [-0.39, 0.29) is 17.5 Å². The van der Waals surface area contributed by atoms with Gasteiger partial charge in [0.15, 0.2) is 9.84 Å². The first-order valence-electron chi connectivity index (χ1n) is 7.29. The van der Waals surface area contributed by atoms with Crippen molar-refractivity contribution in [3.05, 3.63) is 45.6 Å². The van der Waals surface area contributed by atoms with Crippen LogP contribution in [0.1, 0.15) is 23.7 Å². The van der Waals surface area contributed by atoms with Crippen LogP contribution in [0.3, 0.4) is 0 Å². The standard InChI is InChI=1S/C15H17Cl2N3O2S/c1-10-7-14(18-8-11-3-2-4-13(16)15(11)17)20(19-10)12-5-6-23(21,22)9-12/h2-4,7,12,18H,5-6,8-9H2,1H3/t12-/m0/s1. The lowest BCUT2D eigenvalue weighted by molar-refractivity contribution is 0.501. The zero-order chi connectivity index (χ0) is 16.6. The van der Waals surface area contributed by atoms with Crippen molar-refractivity contribution in [3.8, 4) is 0 Å². The van der Waals surface area contributed by atoms with E-state index < -0.39 is 9.84 Å². The highest BCUT2D eigenvalue weighted by molar-refractivity contribution is 7.91. The molecule has 8 heteroatoms. The highest BCUT2D eigenvalue weighted by Crippen LogP contribution is 2.29. The monoisotopic (exact) mass is 373 g/mol. The Bertz CT molecular complexity index is 833. The number of sulfone groups is 1. The van der Waals surface area contributed by atoms with Crippen LogP contribution in [0.15, 0.2) is 24.3 Å². The molecule has 5 nitrogen and oxygen atoms in total. The van der Waals surface area contributed by atoms with Gasteiger partial charge < -0.3 is 5.32 Å². The summed E-state index contributed by atoms with van der Waals surface area (Å²) in [6, 6.07) is 7.27. The fraction of sp³-hybridized carbons (Fsp3) is 0.400. The fourth-order valence-corrected chi connectivity index (χ4v) is 4.84. The van der Waals surface area contributed by atoms with E-state index >= 15 is 0 Å². The zero-order valence-corrected chi connectivity index (χ0v) is 14.9. The van der Waals surface area contributed by atoms with Crippen LogP contribution in [-0.2, 0) is 16.4 Å². The molecule has 0 aliphatic carbocycles. The SMILES string of the molecule is Cc1cc(NCc2cccc(Cl)c2Cl)n([C@H]2CCS(=O)(=O)C2)n1. The van der Waals surface area contributed by atoms with E-state index in [4.69, 9.17) is 23.2 Å². The van der Waals surface area contributed by atoms with E-state index in [1.165, 1.54) is 0 Å². The summed E-state index contributed by atoms with van der Waals surface area (Å²) in [6.45, 7) is 2.38. The van der Waals surface area contributed by atoms with Gasteiger partial charge in [0.1, 0.15) is 5.82 Å². The smallest absolute Gasteiger partial charge is 0.152 e. The molecular weight excluding hydrogens is 357 g/mol.